The first-order valence-corrected chi connectivity index (χ1v) is 9.91. The second-order valence-corrected chi connectivity index (χ2v) is 6.63. The zero-order valence-electron chi connectivity index (χ0n) is 17.6. The maximum atomic E-state index is 12.2. The van der Waals surface area contributed by atoms with Crippen LogP contribution in [0.5, 0.6) is 23.0 Å². The molecule has 31 heavy (non-hydrogen) atoms. The number of benzene rings is 2. The van der Waals surface area contributed by atoms with Crippen molar-refractivity contribution in [3.05, 3.63) is 78.1 Å². The molecule has 0 saturated carbocycles. The first-order chi connectivity index (χ1) is 15.2. The quantitative estimate of drug-likeness (QED) is 0.261. The fourth-order valence-electron chi connectivity index (χ4n) is 2.79. The molecular formula is C25H25NO5. The summed E-state index contributed by atoms with van der Waals surface area (Å²) in [5.41, 5.74) is 1.97. The van der Waals surface area contributed by atoms with Crippen molar-refractivity contribution in [3.8, 4) is 23.0 Å². The van der Waals surface area contributed by atoms with Crippen LogP contribution in [-0.2, 0) is 4.79 Å². The van der Waals surface area contributed by atoms with Gasteiger partial charge in [-0.2, -0.15) is 0 Å². The normalized spacial score (nSPS) is 10.6. The average Bonchev–Trinajstić information content (AvgIpc) is 2.82. The summed E-state index contributed by atoms with van der Waals surface area (Å²) >= 11 is 0. The molecule has 1 heterocycles. The Morgan fingerprint density at radius 2 is 1.55 bits per heavy atom. The molecule has 0 aliphatic heterocycles. The van der Waals surface area contributed by atoms with Crippen molar-refractivity contribution in [3.63, 3.8) is 0 Å². The van der Waals surface area contributed by atoms with E-state index in [9.17, 15) is 4.79 Å². The second kappa shape index (κ2) is 11.4. The largest absolute Gasteiger partial charge is 0.497 e. The van der Waals surface area contributed by atoms with Gasteiger partial charge in [0.05, 0.1) is 20.8 Å². The molecule has 0 spiro atoms. The van der Waals surface area contributed by atoms with Gasteiger partial charge in [-0.25, -0.2) is 0 Å². The molecule has 2 aromatic carbocycles. The van der Waals surface area contributed by atoms with E-state index < -0.39 is 0 Å². The minimum Gasteiger partial charge on any atom is -0.497 e. The zero-order valence-corrected chi connectivity index (χ0v) is 17.6. The summed E-state index contributed by atoms with van der Waals surface area (Å²) in [6, 6.07) is 16.6. The van der Waals surface area contributed by atoms with Crippen LogP contribution in [0.25, 0.3) is 12.2 Å². The van der Waals surface area contributed by atoms with Crippen LogP contribution in [0.4, 0.5) is 0 Å². The van der Waals surface area contributed by atoms with Gasteiger partial charge in [0, 0.05) is 18.8 Å². The van der Waals surface area contributed by atoms with Crippen molar-refractivity contribution in [2.75, 3.05) is 20.8 Å². The van der Waals surface area contributed by atoms with Crippen molar-refractivity contribution in [1.82, 2.24) is 4.98 Å². The summed E-state index contributed by atoms with van der Waals surface area (Å²) < 4.78 is 21.6. The molecule has 0 atom stereocenters. The van der Waals surface area contributed by atoms with Gasteiger partial charge in [-0.15, -0.1) is 0 Å². The number of aromatic nitrogens is 1. The van der Waals surface area contributed by atoms with Gasteiger partial charge in [0.25, 0.3) is 0 Å². The molecule has 6 nitrogen and oxygen atoms in total. The van der Waals surface area contributed by atoms with Crippen LogP contribution in [0, 0.1) is 0 Å². The molecule has 0 unspecified atom stereocenters. The third-order valence-corrected chi connectivity index (χ3v) is 4.44. The molecule has 6 heteroatoms. The molecule has 160 valence electrons. The highest BCUT2D eigenvalue weighted by Gasteiger charge is 2.10. The highest BCUT2D eigenvalue weighted by molar-refractivity contribution is 5.75. The maximum absolute atomic E-state index is 12.2. The molecule has 0 aliphatic rings. The number of esters is 1. The SMILES string of the molecule is COc1ccc(OCCCC(=O)Oc2ccc(/C=C/c3ccncc3)cc2OC)cc1. The summed E-state index contributed by atoms with van der Waals surface area (Å²) in [6.45, 7) is 0.414. The minimum atomic E-state index is -0.336. The van der Waals surface area contributed by atoms with Gasteiger partial charge in [0.15, 0.2) is 11.5 Å². The lowest BCUT2D eigenvalue weighted by atomic mass is 10.1. The van der Waals surface area contributed by atoms with Crippen molar-refractivity contribution in [2.45, 2.75) is 12.8 Å². The van der Waals surface area contributed by atoms with Crippen molar-refractivity contribution >= 4 is 18.1 Å². The Balaban J connectivity index is 1.49. The van der Waals surface area contributed by atoms with Crippen LogP contribution in [0.2, 0.25) is 0 Å². The first-order valence-electron chi connectivity index (χ1n) is 9.91. The van der Waals surface area contributed by atoms with Gasteiger partial charge in [0.2, 0.25) is 0 Å². The molecule has 0 fully saturated rings. The third-order valence-electron chi connectivity index (χ3n) is 4.44. The monoisotopic (exact) mass is 419 g/mol. The van der Waals surface area contributed by atoms with Gasteiger partial charge in [-0.1, -0.05) is 18.2 Å². The van der Waals surface area contributed by atoms with E-state index >= 15 is 0 Å². The molecule has 0 radical (unpaired) electrons. The number of rotatable bonds is 10. The Morgan fingerprint density at radius 3 is 2.26 bits per heavy atom. The Hall–Kier alpha value is -3.80. The number of carbonyl (C=O) groups is 1. The standard InChI is InChI=1S/C25H25NO5/c1-28-21-8-10-22(11-9-21)30-17-3-4-25(27)31-23-12-7-20(18-24(23)29-2)6-5-19-13-15-26-16-14-19/h5-16,18H,3-4,17H2,1-2H3/b6-5+. The molecule has 0 bridgehead atoms. The lowest BCUT2D eigenvalue weighted by Crippen LogP contribution is -2.10. The van der Waals surface area contributed by atoms with E-state index in [1.807, 2.05) is 60.7 Å². The maximum Gasteiger partial charge on any atom is 0.311 e. The van der Waals surface area contributed by atoms with Gasteiger partial charge in [-0.05, 0) is 66.1 Å². The van der Waals surface area contributed by atoms with Gasteiger partial charge in [0.1, 0.15) is 11.5 Å². The lowest BCUT2D eigenvalue weighted by Gasteiger charge is -2.10. The van der Waals surface area contributed by atoms with Crippen LogP contribution in [-0.4, -0.2) is 31.8 Å². The second-order valence-electron chi connectivity index (χ2n) is 6.63. The number of pyridine rings is 1. The Bertz CT molecular complexity index is 1000. The molecule has 0 aliphatic carbocycles. The highest BCUT2D eigenvalue weighted by Crippen LogP contribution is 2.29. The van der Waals surface area contributed by atoms with Crippen LogP contribution >= 0.6 is 0 Å². The van der Waals surface area contributed by atoms with Crippen molar-refractivity contribution in [2.24, 2.45) is 0 Å². The summed E-state index contributed by atoms with van der Waals surface area (Å²) in [5, 5.41) is 0. The van der Waals surface area contributed by atoms with E-state index in [1.54, 1.807) is 32.7 Å². The number of hydrogen-bond donors (Lipinski definition) is 0. The van der Waals surface area contributed by atoms with E-state index in [1.165, 1.54) is 0 Å². The molecule has 3 rings (SSSR count). The van der Waals surface area contributed by atoms with E-state index in [4.69, 9.17) is 18.9 Å². The predicted molar refractivity (Wildman–Crippen MR) is 120 cm³/mol. The zero-order chi connectivity index (χ0) is 21.9. The van der Waals surface area contributed by atoms with Gasteiger partial charge < -0.3 is 18.9 Å². The third kappa shape index (κ3) is 6.89. The lowest BCUT2D eigenvalue weighted by molar-refractivity contribution is -0.134. The van der Waals surface area contributed by atoms with E-state index in [0.29, 0.717) is 24.5 Å². The Morgan fingerprint density at radius 1 is 0.839 bits per heavy atom. The minimum absolute atomic E-state index is 0.239. The smallest absolute Gasteiger partial charge is 0.311 e. The van der Waals surface area contributed by atoms with Crippen LogP contribution < -0.4 is 18.9 Å². The molecule has 3 aromatic rings. The molecular weight excluding hydrogens is 394 g/mol. The first kappa shape index (κ1) is 21.9. The Kier molecular flexibility index (Phi) is 8.05. The predicted octanol–water partition coefficient (Wildman–Crippen LogP) is 5.03. The van der Waals surface area contributed by atoms with E-state index in [0.717, 1.165) is 22.6 Å². The van der Waals surface area contributed by atoms with Gasteiger partial charge in [-0.3, -0.25) is 9.78 Å². The van der Waals surface area contributed by atoms with E-state index in [2.05, 4.69) is 4.98 Å². The molecule has 0 amide bonds. The van der Waals surface area contributed by atoms with Crippen LogP contribution in [0.3, 0.4) is 0 Å². The number of hydrogen-bond acceptors (Lipinski definition) is 6. The molecule has 0 saturated heterocycles. The van der Waals surface area contributed by atoms with Crippen molar-refractivity contribution < 1.29 is 23.7 Å². The summed E-state index contributed by atoms with van der Waals surface area (Å²) in [5.74, 6) is 2.05. The van der Waals surface area contributed by atoms with Gasteiger partial charge >= 0.3 is 5.97 Å². The topological polar surface area (TPSA) is 66.9 Å². The number of methoxy groups -OCH3 is 2. The van der Waals surface area contributed by atoms with E-state index in [-0.39, 0.29) is 12.4 Å². The molecule has 0 N–H and O–H groups in total. The van der Waals surface area contributed by atoms with Crippen LogP contribution in [0.1, 0.15) is 24.0 Å². The fraction of sp³-hybridized carbons (Fsp3) is 0.200. The highest BCUT2D eigenvalue weighted by atomic mass is 16.6. The summed E-state index contributed by atoms with van der Waals surface area (Å²) in [6.07, 6.45) is 8.20. The summed E-state index contributed by atoms with van der Waals surface area (Å²) in [4.78, 5) is 16.2. The summed E-state index contributed by atoms with van der Waals surface area (Å²) in [7, 11) is 3.16. The number of carbonyl (C=O) groups excluding carboxylic acids is 1. The van der Waals surface area contributed by atoms with Crippen molar-refractivity contribution in [1.29, 1.82) is 0 Å². The average molecular weight is 419 g/mol. The number of ether oxygens (including phenoxy) is 4. The molecule has 1 aromatic heterocycles. The fourth-order valence-corrected chi connectivity index (χ4v) is 2.79. The Labute approximate surface area is 182 Å². The number of nitrogens with zero attached hydrogens (tertiary/aromatic N) is 1. The van der Waals surface area contributed by atoms with Crippen LogP contribution in [0.15, 0.2) is 67.0 Å².